The summed E-state index contributed by atoms with van der Waals surface area (Å²) in [7, 11) is 0. The maximum absolute atomic E-state index is 12.0. The first-order valence-electron chi connectivity index (χ1n) is 6.47. The number of rotatable bonds is 3. The quantitative estimate of drug-likeness (QED) is 0.883. The molecule has 1 amide bonds. The minimum atomic E-state index is -0.287. The number of hydrogen-bond donors (Lipinski definition) is 1. The summed E-state index contributed by atoms with van der Waals surface area (Å²) in [5.41, 5.74) is 0.726. The van der Waals surface area contributed by atoms with Crippen molar-refractivity contribution in [1.29, 1.82) is 0 Å². The van der Waals surface area contributed by atoms with Crippen molar-refractivity contribution in [3.05, 3.63) is 48.8 Å². The molecule has 1 atom stereocenters. The Labute approximate surface area is 127 Å². The molecular weight excluding hydrogens is 286 g/mol. The number of nitrogens with zero attached hydrogens (tertiary/aromatic N) is 2. The number of carbonyl (C=O) groups excluding carboxylic acids is 1. The van der Waals surface area contributed by atoms with Crippen LogP contribution in [0.1, 0.15) is 6.92 Å². The highest BCUT2D eigenvalue weighted by Crippen LogP contribution is 2.25. The molecule has 0 radical (unpaired) electrons. The summed E-state index contributed by atoms with van der Waals surface area (Å²) in [5.74, 6) is 1.34. The first-order chi connectivity index (χ1) is 10.1. The normalized spacial score (nSPS) is 17.8. The molecule has 1 fully saturated rings. The zero-order valence-electron chi connectivity index (χ0n) is 11.3. The topological polar surface area (TPSA) is 54.5 Å². The van der Waals surface area contributed by atoms with Gasteiger partial charge in [-0.05, 0) is 55.5 Å². The largest absolute Gasteiger partial charge is 0.457 e. The molecule has 1 N–H and O–H groups in total. The Morgan fingerprint density at radius 3 is 2.33 bits per heavy atom. The van der Waals surface area contributed by atoms with Crippen molar-refractivity contribution in [2.45, 2.75) is 13.0 Å². The minimum Gasteiger partial charge on any atom is -0.457 e. The Morgan fingerprint density at radius 2 is 1.76 bits per heavy atom. The van der Waals surface area contributed by atoms with Gasteiger partial charge in [-0.3, -0.25) is 14.7 Å². The Balaban J connectivity index is 1.78. The molecule has 2 aromatic rings. The number of benzene rings is 1. The molecule has 0 aliphatic carbocycles. The summed E-state index contributed by atoms with van der Waals surface area (Å²) in [6.45, 7) is 1.79. The molecule has 1 aliphatic heterocycles. The predicted molar refractivity (Wildman–Crippen MR) is 83.4 cm³/mol. The van der Waals surface area contributed by atoms with Crippen LogP contribution < -0.4 is 15.0 Å². The standard InChI is InChI=1S/C15H13N3O2S/c1-10-14(19)18(15(21)17-10)11-2-4-12(5-3-11)20-13-6-8-16-9-7-13/h2-10H,1H3,(H,17,21)/t10-/m1/s1. The number of carbonyl (C=O) groups is 1. The summed E-state index contributed by atoms with van der Waals surface area (Å²) in [6.07, 6.45) is 3.33. The van der Waals surface area contributed by atoms with Gasteiger partial charge < -0.3 is 10.1 Å². The lowest BCUT2D eigenvalue weighted by molar-refractivity contribution is -0.117. The van der Waals surface area contributed by atoms with E-state index in [9.17, 15) is 4.79 Å². The fourth-order valence-electron chi connectivity index (χ4n) is 2.06. The van der Waals surface area contributed by atoms with Gasteiger partial charge in [0, 0.05) is 12.4 Å². The third kappa shape index (κ3) is 2.71. The molecule has 1 saturated heterocycles. The molecule has 1 aromatic carbocycles. The van der Waals surface area contributed by atoms with E-state index in [0.29, 0.717) is 16.6 Å². The second-order valence-electron chi connectivity index (χ2n) is 4.62. The monoisotopic (exact) mass is 299 g/mol. The van der Waals surface area contributed by atoms with E-state index in [1.165, 1.54) is 4.90 Å². The number of aromatic nitrogens is 1. The maximum atomic E-state index is 12.0. The molecule has 0 spiro atoms. The second-order valence-corrected chi connectivity index (χ2v) is 5.01. The van der Waals surface area contributed by atoms with Crippen molar-refractivity contribution in [2.24, 2.45) is 0 Å². The number of amides is 1. The molecule has 0 saturated carbocycles. The van der Waals surface area contributed by atoms with Crippen LogP contribution in [0.2, 0.25) is 0 Å². The van der Waals surface area contributed by atoms with Gasteiger partial charge in [0.25, 0.3) is 5.91 Å². The number of pyridine rings is 1. The zero-order chi connectivity index (χ0) is 14.8. The summed E-state index contributed by atoms with van der Waals surface area (Å²) in [5, 5.41) is 3.37. The van der Waals surface area contributed by atoms with E-state index in [2.05, 4.69) is 10.3 Å². The average Bonchev–Trinajstić information content (AvgIpc) is 2.74. The van der Waals surface area contributed by atoms with Gasteiger partial charge in [0.1, 0.15) is 17.5 Å². The summed E-state index contributed by atoms with van der Waals surface area (Å²) in [4.78, 5) is 17.5. The SMILES string of the molecule is C[C@H]1NC(=S)N(c2ccc(Oc3ccncc3)cc2)C1=O. The van der Waals surface area contributed by atoms with Gasteiger partial charge in [0.2, 0.25) is 0 Å². The van der Waals surface area contributed by atoms with E-state index in [-0.39, 0.29) is 11.9 Å². The molecule has 21 heavy (non-hydrogen) atoms. The van der Waals surface area contributed by atoms with Crippen LogP contribution in [0.3, 0.4) is 0 Å². The van der Waals surface area contributed by atoms with E-state index >= 15 is 0 Å². The molecule has 1 aliphatic rings. The van der Waals surface area contributed by atoms with E-state index in [1.807, 2.05) is 0 Å². The molecule has 0 bridgehead atoms. The summed E-state index contributed by atoms with van der Waals surface area (Å²) >= 11 is 5.17. The van der Waals surface area contributed by atoms with E-state index < -0.39 is 0 Å². The van der Waals surface area contributed by atoms with Crippen molar-refractivity contribution in [1.82, 2.24) is 10.3 Å². The number of hydrogen-bond acceptors (Lipinski definition) is 4. The summed E-state index contributed by atoms with van der Waals surface area (Å²) < 4.78 is 5.68. The van der Waals surface area contributed by atoms with Crippen molar-refractivity contribution >= 4 is 28.9 Å². The van der Waals surface area contributed by atoms with Gasteiger partial charge in [-0.2, -0.15) is 0 Å². The summed E-state index contributed by atoms with van der Waals surface area (Å²) in [6, 6.07) is 10.5. The number of nitrogens with one attached hydrogen (secondary N) is 1. The van der Waals surface area contributed by atoms with Crippen LogP contribution >= 0.6 is 12.2 Å². The first-order valence-corrected chi connectivity index (χ1v) is 6.88. The van der Waals surface area contributed by atoms with Gasteiger partial charge in [0.15, 0.2) is 5.11 Å². The van der Waals surface area contributed by atoms with Gasteiger partial charge in [-0.1, -0.05) is 0 Å². The van der Waals surface area contributed by atoms with Gasteiger partial charge in [-0.25, -0.2) is 0 Å². The molecule has 2 heterocycles. The zero-order valence-corrected chi connectivity index (χ0v) is 12.1. The predicted octanol–water partition coefficient (Wildman–Crippen LogP) is 2.48. The van der Waals surface area contributed by atoms with Crippen LogP contribution in [0.4, 0.5) is 5.69 Å². The van der Waals surface area contributed by atoms with Crippen LogP contribution in [0.5, 0.6) is 11.5 Å². The lowest BCUT2D eigenvalue weighted by atomic mass is 10.2. The molecule has 106 valence electrons. The fraction of sp³-hybridized carbons (Fsp3) is 0.133. The molecule has 3 rings (SSSR count). The van der Waals surface area contributed by atoms with Crippen LogP contribution in [-0.4, -0.2) is 22.0 Å². The van der Waals surface area contributed by atoms with Crippen LogP contribution in [-0.2, 0) is 4.79 Å². The molecular formula is C15H13N3O2S. The number of thiocarbonyl (C=S) groups is 1. The fourth-order valence-corrected chi connectivity index (χ4v) is 2.43. The highest BCUT2D eigenvalue weighted by molar-refractivity contribution is 7.80. The van der Waals surface area contributed by atoms with Gasteiger partial charge >= 0.3 is 0 Å². The lowest BCUT2D eigenvalue weighted by Gasteiger charge is -2.15. The highest BCUT2D eigenvalue weighted by Gasteiger charge is 2.33. The smallest absolute Gasteiger partial charge is 0.255 e. The average molecular weight is 299 g/mol. The van der Waals surface area contributed by atoms with Crippen LogP contribution in [0.25, 0.3) is 0 Å². The first kappa shape index (κ1) is 13.5. The third-order valence-corrected chi connectivity index (χ3v) is 3.41. The molecule has 5 nitrogen and oxygen atoms in total. The minimum absolute atomic E-state index is 0.0530. The van der Waals surface area contributed by atoms with Gasteiger partial charge in [0.05, 0.1) is 5.69 Å². The molecule has 1 aromatic heterocycles. The van der Waals surface area contributed by atoms with Crippen molar-refractivity contribution in [3.63, 3.8) is 0 Å². The van der Waals surface area contributed by atoms with Crippen LogP contribution in [0.15, 0.2) is 48.8 Å². The highest BCUT2D eigenvalue weighted by atomic mass is 32.1. The van der Waals surface area contributed by atoms with E-state index in [4.69, 9.17) is 17.0 Å². The molecule has 0 unspecified atom stereocenters. The van der Waals surface area contributed by atoms with E-state index in [0.717, 1.165) is 5.69 Å². The second kappa shape index (κ2) is 5.49. The Morgan fingerprint density at radius 1 is 1.14 bits per heavy atom. The lowest BCUT2D eigenvalue weighted by Crippen LogP contribution is -2.30. The van der Waals surface area contributed by atoms with Crippen molar-refractivity contribution in [3.8, 4) is 11.5 Å². The Kier molecular flexibility index (Phi) is 3.53. The van der Waals surface area contributed by atoms with Crippen LogP contribution in [0, 0.1) is 0 Å². The van der Waals surface area contributed by atoms with Crippen molar-refractivity contribution in [2.75, 3.05) is 4.90 Å². The maximum Gasteiger partial charge on any atom is 0.255 e. The Hall–Kier alpha value is -2.47. The third-order valence-electron chi connectivity index (χ3n) is 3.11. The van der Waals surface area contributed by atoms with Crippen molar-refractivity contribution < 1.29 is 9.53 Å². The van der Waals surface area contributed by atoms with Gasteiger partial charge in [-0.15, -0.1) is 0 Å². The number of anilines is 1. The molecule has 6 heteroatoms. The Bertz CT molecular complexity index is 673. The van der Waals surface area contributed by atoms with E-state index in [1.54, 1.807) is 55.7 Å². The number of ether oxygens (including phenoxy) is 1.